The summed E-state index contributed by atoms with van der Waals surface area (Å²) in [5, 5.41) is 0. The smallest absolute Gasteiger partial charge is 0.200 e. The van der Waals surface area contributed by atoms with Crippen LogP contribution in [0.3, 0.4) is 0 Å². The highest BCUT2D eigenvalue weighted by molar-refractivity contribution is 5.83. The van der Waals surface area contributed by atoms with Crippen LogP contribution in [0, 0.1) is 5.92 Å². The topological polar surface area (TPSA) is 34.0 Å². The molecule has 0 amide bonds. The lowest BCUT2D eigenvalue weighted by Crippen LogP contribution is -2.35. The van der Waals surface area contributed by atoms with E-state index in [1.807, 2.05) is 18.8 Å². The molecule has 1 fully saturated rings. The van der Waals surface area contributed by atoms with Crippen molar-refractivity contribution in [2.24, 2.45) is 15.9 Å². The number of aliphatic imine (C=N–C) groups is 2. The molecule has 4 nitrogen and oxygen atoms in total. The van der Waals surface area contributed by atoms with Gasteiger partial charge in [0.15, 0.2) is 12.0 Å². The number of quaternary nitrogens is 1. The monoisotopic (exact) mass is 218 g/mol. The summed E-state index contributed by atoms with van der Waals surface area (Å²) in [6, 6.07) is 0. The van der Waals surface area contributed by atoms with Gasteiger partial charge in [0.2, 0.25) is 0 Å². The number of hydrogen-bond donors (Lipinski definition) is 0. The lowest BCUT2D eigenvalue weighted by molar-refractivity contribution is -0.706. The molecule has 0 aliphatic carbocycles. The second-order valence-electron chi connectivity index (χ2n) is 4.63. The maximum atomic E-state index is 5.39. The summed E-state index contributed by atoms with van der Waals surface area (Å²) in [6.07, 6.45) is 9.98. The molecule has 3 rings (SSSR count). The van der Waals surface area contributed by atoms with E-state index >= 15 is 0 Å². The molecule has 0 aromatic carbocycles. The normalized spacial score (nSPS) is 33.6. The van der Waals surface area contributed by atoms with Gasteiger partial charge in [-0.25, -0.2) is 9.48 Å². The Morgan fingerprint density at radius 3 is 3.00 bits per heavy atom. The molecule has 3 aliphatic heterocycles. The molecule has 84 valence electrons. The number of nitrogens with zero attached hydrogens (tertiary/aromatic N) is 3. The summed E-state index contributed by atoms with van der Waals surface area (Å²) in [4.78, 5) is 8.82. The highest BCUT2D eigenvalue weighted by atomic mass is 16.5. The van der Waals surface area contributed by atoms with Gasteiger partial charge in [0.05, 0.1) is 19.5 Å². The molecule has 0 bridgehead atoms. The van der Waals surface area contributed by atoms with E-state index in [2.05, 4.69) is 23.2 Å². The maximum absolute atomic E-state index is 5.39. The average molecular weight is 218 g/mol. The Morgan fingerprint density at radius 1 is 1.38 bits per heavy atom. The van der Waals surface area contributed by atoms with Gasteiger partial charge >= 0.3 is 0 Å². The molecule has 0 aromatic rings. The lowest BCUT2D eigenvalue weighted by Gasteiger charge is -2.25. The largest absolute Gasteiger partial charge is 0.381 e. The summed E-state index contributed by atoms with van der Waals surface area (Å²) in [5.74, 6) is 0.540. The summed E-state index contributed by atoms with van der Waals surface area (Å²) in [6.45, 7) is 1.71. The number of allylic oxidation sites excluding steroid dienone is 2. The molecule has 0 radical (unpaired) electrons. The van der Waals surface area contributed by atoms with E-state index in [0.717, 1.165) is 26.1 Å². The van der Waals surface area contributed by atoms with Gasteiger partial charge in [-0.3, -0.25) is 4.99 Å². The van der Waals surface area contributed by atoms with Crippen LogP contribution < -0.4 is 0 Å². The van der Waals surface area contributed by atoms with Gasteiger partial charge in [0, 0.05) is 19.1 Å². The molecule has 3 heterocycles. The predicted molar refractivity (Wildman–Crippen MR) is 62.9 cm³/mol. The third kappa shape index (κ3) is 1.45. The van der Waals surface area contributed by atoms with Crippen LogP contribution >= 0.6 is 0 Å². The van der Waals surface area contributed by atoms with Gasteiger partial charge in [-0.2, -0.15) is 0 Å². The molecule has 4 heteroatoms. The van der Waals surface area contributed by atoms with Crippen LogP contribution in [0.15, 0.2) is 33.8 Å². The van der Waals surface area contributed by atoms with Crippen LogP contribution in [0.4, 0.5) is 0 Å². The first kappa shape index (κ1) is 9.93. The second kappa shape index (κ2) is 3.64. The Hall–Kier alpha value is -1.26. The third-order valence-corrected chi connectivity index (χ3v) is 3.49. The van der Waals surface area contributed by atoms with Crippen molar-refractivity contribution in [1.82, 2.24) is 0 Å². The van der Waals surface area contributed by atoms with Crippen LogP contribution in [0.25, 0.3) is 0 Å². The predicted octanol–water partition coefficient (Wildman–Crippen LogP) is 1.67. The van der Waals surface area contributed by atoms with E-state index in [1.54, 1.807) is 0 Å². The van der Waals surface area contributed by atoms with E-state index in [1.165, 1.54) is 11.4 Å². The van der Waals surface area contributed by atoms with Crippen LogP contribution in [0.5, 0.6) is 0 Å². The Bertz CT molecular complexity index is 416. The van der Waals surface area contributed by atoms with Gasteiger partial charge < -0.3 is 4.74 Å². The molecular weight excluding hydrogens is 202 g/mol. The highest BCUT2D eigenvalue weighted by Gasteiger charge is 2.36. The fraction of sp³-hybridized carbons (Fsp3) is 0.500. The molecule has 0 saturated carbocycles. The summed E-state index contributed by atoms with van der Waals surface area (Å²) in [5.41, 5.74) is 2.42. The van der Waals surface area contributed by atoms with Gasteiger partial charge in [0.25, 0.3) is 0 Å². The molecular formula is C12H16N3O+. The SMILES string of the molecule is C[N+]12C=CN=CC1=C(C1CCOCC1)N=C2. The van der Waals surface area contributed by atoms with E-state index in [4.69, 9.17) is 4.74 Å². The molecule has 16 heavy (non-hydrogen) atoms. The second-order valence-corrected chi connectivity index (χ2v) is 4.63. The van der Waals surface area contributed by atoms with Gasteiger partial charge in [-0.15, -0.1) is 0 Å². The summed E-state index contributed by atoms with van der Waals surface area (Å²) >= 11 is 0. The molecule has 0 spiro atoms. The maximum Gasteiger partial charge on any atom is 0.200 e. The molecule has 1 unspecified atom stereocenters. The fourth-order valence-corrected chi connectivity index (χ4v) is 2.44. The van der Waals surface area contributed by atoms with Crippen molar-refractivity contribution in [1.29, 1.82) is 0 Å². The van der Waals surface area contributed by atoms with Crippen molar-refractivity contribution in [3.8, 4) is 0 Å². The first-order valence-corrected chi connectivity index (χ1v) is 5.74. The highest BCUT2D eigenvalue weighted by Crippen LogP contribution is 2.34. The Morgan fingerprint density at radius 2 is 2.19 bits per heavy atom. The minimum absolute atomic E-state index is 0.540. The molecule has 0 N–H and O–H groups in total. The number of ether oxygens (including phenoxy) is 1. The fourth-order valence-electron chi connectivity index (χ4n) is 2.44. The number of fused-ring (bicyclic) bond motifs is 1. The quantitative estimate of drug-likeness (QED) is 0.616. The minimum Gasteiger partial charge on any atom is -0.381 e. The number of hydrogen-bond acceptors (Lipinski definition) is 3. The van der Waals surface area contributed by atoms with Crippen LogP contribution in [-0.2, 0) is 4.74 Å². The van der Waals surface area contributed by atoms with Crippen LogP contribution in [0.2, 0.25) is 0 Å². The Balaban J connectivity index is 1.95. The summed E-state index contributed by atoms with van der Waals surface area (Å²) < 4.78 is 6.06. The van der Waals surface area contributed by atoms with Crippen molar-refractivity contribution in [2.75, 3.05) is 20.3 Å². The van der Waals surface area contributed by atoms with Crippen molar-refractivity contribution in [2.45, 2.75) is 12.8 Å². The Kier molecular flexibility index (Phi) is 2.26. The lowest BCUT2D eigenvalue weighted by atomic mass is 9.95. The van der Waals surface area contributed by atoms with Crippen LogP contribution in [-0.4, -0.2) is 37.3 Å². The standard InChI is InChI=1S/C12H16N3O/c1-15-5-4-13-8-11(15)12(14-9-15)10-2-6-16-7-3-10/h4-5,8-10H,2-3,6-7H2,1H3/q+1. The Labute approximate surface area is 95.2 Å². The third-order valence-electron chi connectivity index (χ3n) is 3.49. The van der Waals surface area contributed by atoms with Crippen molar-refractivity contribution < 1.29 is 9.22 Å². The van der Waals surface area contributed by atoms with E-state index in [9.17, 15) is 0 Å². The first-order chi connectivity index (χ1) is 7.80. The van der Waals surface area contributed by atoms with Gasteiger partial charge in [0.1, 0.15) is 11.9 Å². The number of rotatable bonds is 1. The molecule has 1 saturated heterocycles. The average Bonchev–Trinajstić information content (AvgIpc) is 2.67. The van der Waals surface area contributed by atoms with Crippen molar-refractivity contribution in [3.05, 3.63) is 23.8 Å². The molecule has 3 aliphatic rings. The zero-order valence-corrected chi connectivity index (χ0v) is 9.47. The summed E-state index contributed by atoms with van der Waals surface area (Å²) in [7, 11) is 2.13. The molecule has 0 aromatic heterocycles. The zero-order chi connectivity index (χ0) is 11.0. The van der Waals surface area contributed by atoms with Crippen molar-refractivity contribution >= 4 is 12.6 Å². The zero-order valence-electron chi connectivity index (χ0n) is 9.47. The minimum atomic E-state index is 0.540. The van der Waals surface area contributed by atoms with Gasteiger partial charge in [-0.05, 0) is 12.8 Å². The van der Waals surface area contributed by atoms with Crippen LogP contribution in [0.1, 0.15) is 12.8 Å². The van der Waals surface area contributed by atoms with E-state index in [-0.39, 0.29) is 0 Å². The van der Waals surface area contributed by atoms with E-state index < -0.39 is 0 Å². The van der Waals surface area contributed by atoms with E-state index in [0.29, 0.717) is 10.4 Å². The molecule has 1 atom stereocenters. The van der Waals surface area contributed by atoms with Gasteiger partial charge in [-0.1, -0.05) is 0 Å². The first-order valence-electron chi connectivity index (χ1n) is 5.74. The van der Waals surface area contributed by atoms with Crippen molar-refractivity contribution in [3.63, 3.8) is 0 Å².